The van der Waals surface area contributed by atoms with Crippen LogP contribution in [0.5, 0.6) is 0 Å². The number of hydrogen-bond acceptors (Lipinski definition) is 3. The molecule has 2 rings (SSSR count). The van der Waals surface area contributed by atoms with Gasteiger partial charge < -0.3 is 10.4 Å². The summed E-state index contributed by atoms with van der Waals surface area (Å²) < 4.78 is 12.9. The van der Waals surface area contributed by atoms with E-state index in [1.807, 2.05) is 37.3 Å². The van der Waals surface area contributed by atoms with Crippen LogP contribution in [0.15, 0.2) is 48.7 Å². The van der Waals surface area contributed by atoms with E-state index < -0.39 is 6.10 Å². The Balaban J connectivity index is 1.95. The van der Waals surface area contributed by atoms with E-state index >= 15 is 0 Å². The van der Waals surface area contributed by atoms with Crippen LogP contribution < -0.4 is 5.32 Å². The molecule has 0 amide bonds. The zero-order valence-electron chi connectivity index (χ0n) is 11.5. The van der Waals surface area contributed by atoms with Gasteiger partial charge in [0.15, 0.2) is 0 Å². The van der Waals surface area contributed by atoms with Crippen LogP contribution in [0.3, 0.4) is 0 Å². The number of nitrogens with zero attached hydrogens (tertiary/aromatic N) is 1. The second-order valence-electron chi connectivity index (χ2n) is 4.70. The third kappa shape index (κ3) is 3.85. The number of rotatable bonds is 6. The van der Waals surface area contributed by atoms with Crippen molar-refractivity contribution in [3.05, 3.63) is 65.7 Å². The second kappa shape index (κ2) is 7.12. The molecular formula is C16H19FN2O. The molecule has 0 aliphatic heterocycles. The Kier molecular flexibility index (Phi) is 5.21. The quantitative estimate of drug-likeness (QED) is 0.851. The lowest BCUT2D eigenvalue weighted by molar-refractivity contribution is 0.169. The van der Waals surface area contributed by atoms with E-state index in [1.54, 1.807) is 6.07 Å². The van der Waals surface area contributed by atoms with E-state index in [0.717, 1.165) is 17.7 Å². The van der Waals surface area contributed by atoms with Gasteiger partial charge in [-0.15, -0.1) is 0 Å². The van der Waals surface area contributed by atoms with E-state index in [2.05, 4.69) is 10.3 Å². The molecule has 0 aliphatic rings. The number of hydrogen-bond donors (Lipinski definition) is 2. The highest BCUT2D eigenvalue weighted by Gasteiger charge is 2.13. The first-order valence-corrected chi connectivity index (χ1v) is 6.78. The summed E-state index contributed by atoms with van der Waals surface area (Å²) in [6.45, 7) is 2.46. The average Bonchev–Trinajstić information content (AvgIpc) is 2.50. The summed E-state index contributed by atoms with van der Waals surface area (Å²) in [5.41, 5.74) is 1.66. The molecule has 2 N–H and O–H groups in total. The standard InChI is InChI=1S/C16H19FN2O/c1-2-14(15-9-8-13(17)10-18-15)19-11-16(20)12-6-4-3-5-7-12/h3-10,14,16,19-20H,2,11H2,1H3. The molecule has 3 nitrogen and oxygen atoms in total. The number of pyridine rings is 1. The predicted octanol–water partition coefficient (Wildman–Crippen LogP) is 3.00. The lowest BCUT2D eigenvalue weighted by Crippen LogP contribution is -2.26. The van der Waals surface area contributed by atoms with Gasteiger partial charge in [0, 0.05) is 12.6 Å². The fourth-order valence-corrected chi connectivity index (χ4v) is 2.10. The molecule has 1 aromatic carbocycles. The molecule has 1 heterocycles. The molecule has 4 heteroatoms. The average molecular weight is 274 g/mol. The summed E-state index contributed by atoms with van der Waals surface area (Å²) in [6, 6.07) is 12.6. The highest BCUT2D eigenvalue weighted by atomic mass is 19.1. The van der Waals surface area contributed by atoms with Gasteiger partial charge in [0.2, 0.25) is 0 Å². The first-order valence-electron chi connectivity index (χ1n) is 6.78. The minimum Gasteiger partial charge on any atom is -0.387 e. The summed E-state index contributed by atoms with van der Waals surface area (Å²) in [5.74, 6) is -0.340. The fraction of sp³-hybridized carbons (Fsp3) is 0.312. The van der Waals surface area contributed by atoms with E-state index in [0.29, 0.717) is 6.54 Å². The molecule has 0 saturated carbocycles. The predicted molar refractivity (Wildman–Crippen MR) is 76.6 cm³/mol. The van der Waals surface area contributed by atoms with Crippen molar-refractivity contribution in [3.63, 3.8) is 0 Å². The summed E-state index contributed by atoms with van der Waals surface area (Å²) >= 11 is 0. The van der Waals surface area contributed by atoms with E-state index in [-0.39, 0.29) is 11.9 Å². The minimum atomic E-state index is -0.564. The smallest absolute Gasteiger partial charge is 0.141 e. The van der Waals surface area contributed by atoms with Crippen molar-refractivity contribution in [2.75, 3.05) is 6.54 Å². The van der Waals surface area contributed by atoms with Gasteiger partial charge in [-0.25, -0.2) is 4.39 Å². The normalized spacial score (nSPS) is 13.9. The topological polar surface area (TPSA) is 45.1 Å². The zero-order chi connectivity index (χ0) is 14.4. The van der Waals surface area contributed by atoms with Gasteiger partial charge in [-0.05, 0) is 24.1 Å². The molecule has 0 aliphatic carbocycles. The molecular weight excluding hydrogens is 255 g/mol. The molecule has 106 valence electrons. The van der Waals surface area contributed by atoms with Crippen LogP contribution in [-0.2, 0) is 0 Å². The first kappa shape index (κ1) is 14.6. The molecule has 20 heavy (non-hydrogen) atoms. The minimum absolute atomic E-state index is 0.00830. The lowest BCUT2D eigenvalue weighted by Gasteiger charge is -2.19. The van der Waals surface area contributed by atoms with Gasteiger partial charge in [-0.1, -0.05) is 37.3 Å². The largest absolute Gasteiger partial charge is 0.387 e. The Hall–Kier alpha value is -1.78. The molecule has 2 aromatic rings. The summed E-state index contributed by atoms with van der Waals surface area (Å²) in [6.07, 6.45) is 1.47. The summed E-state index contributed by atoms with van der Waals surface area (Å²) in [4.78, 5) is 4.08. The van der Waals surface area contributed by atoms with Crippen molar-refractivity contribution < 1.29 is 9.50 Å². The molecule has 0 saturated heterocycles. The maximum atomic E-state index is 12.9. The zero-order valence-corrected chi connectivity index (χ0v) is 11.5. The number of aliphatic hydroxyl groups is 1. The van der Waals surface area contributed by atoms with E-state index in [4.69, 9.17) is 0 Å². The maximum Gasteiger partial charge on any atom is 0.141 e. The number of benzene rings is 1. The molecule has 2 unspecified atom stereocenters. The van der Waals surface area contributed by atoms with Crippen LogP contribution in [0.1, 0.15) is 36.7 Å². The van der Waals surface area contributed by atoms with Crippen LogP contribution in [0, 0.1) is 5.82 Å². The van der Waals surface area contributed by atoms with Crippen molar-refractivity contribution in [2.24, 2.45) is 0 Å². The van der Waals surface area contributed by atoms with Gasteiger partial charge in [-0.3, -0.25) is 4.98 Å². The van der Waals surface area contributed by atoms with Crippen LogP contribution in [0.2, 0.25) is 0 Å². The summed E-state index contributed by atoms with van der Waals surface area (Å²) in [7, 11) is 0. The third-order valence-electron chi connectivity index (χ3n) is 3.26. The number of aromatic nitrogens is 1. The van der Waals surface area contributed by atoms with Gasteiger partial charge in [0.1, 0.15) is 5.82 Å². The van der Waals surface area contributed by atoms with Crippen LogP contribution in [0.25, 0.3) is 0 Å². The fourth-order valence-electron chi connectivity index (χ4n) is 2.10. The molecule has 0 bridgehead atoms. The van der Waals surface area contributed by atoms with Gasteiger partial charge in [0.25, 0.3) is 0 Å². The number of halogens is 1. The Labute approximate surface area is 118 Å². The van der Waals surface area contributed by atoms with Crippen LogP contribution in [0.4, 0.5) is 4.39 Å². The lowest BCUT2D eigenvalue weighted by atomic mass is 10.1. The highest BCUT2D eigenvalue weighted by Crippen LogP contribution is 2.17. The maximum absolute atomic E-state index is 12.9. The third-order valence-corrected chi connectivity index (χ3v) is 3.26. The Morgan fingerprint density at radius 3 is 2.55 bits per heavy atom. The van der Waals surface area contributed by atoms with E-state index in [1.165, 1.54) is 12.3 Å². The SMILES string of the molecule is CCC(NCC(O)c1ccccc1)c1ccc(F)cn1. The second-order valence-corrected chi connectivity index (χ2v) is 4.70. The number of aliphatic hydroxyl groups excluding tert-OH is 1. The van der Waals surface area contributed by atoms with Crippen LogP contribution >= 0.6 is 0 Å². The Bertz CT molecular complexity index is 516. The van der Waals surface area contributed by atoms with Crippen LogP contribution in [-0.4, -0.2) is 16.6 Å². The molecule has 0 radical (unpaired) electrons. The van der Waals surface area contributed by atoms with Gasteiger partial charge >= 0.3 is 0 Å². The van der Waals surface area contributed by atoms with Crippen molar-refractivity contribution in [3.8, 4) is 0 Å². The highest BCUT2D eigenvalue weighted by molar-refractivity contribution is 5.18. The first-order chi connectivity index (χ1) is 9.70. The Morgan fingerprint density at radius 1 is 1.20 bits per heavy atom. The van der Waals surface area contributed by atoms with Crippen molar-refractivity contribution in [1.82, 2.24) is 10.3 Å². The van der Waals surface area contributed by atoms with E-state index in [9.17, 15) is 9.50 Å². The van der Waals surface area contributed by atoms with Crippen molar-refractivity contribution in [1.29, 1.82) is 0 Å². The molecule has 0 spiro atoms. The number of nitrogens with one attached hydrogen (secondary N) is 1. The van der Waals surface area contributed by atoms with Gasteiger partial charge in [0.05, 0.1) is 18.0 Å². The molecule has 0 fully saturated rings. The molecule has 1 aromatic heterocycles. The molecule has 2 atom stereocenters. The summed E-state index contributed by atoms with van der Waals surface area (Å²) in [5, 5.41) is 13.4. The van der Waals surface area contributed by atoms with Crippen molar-refractivity contribution >= 4 is 0 Å². The Morgan fingerprint density at radius 2 is 1.95 bits per heavy atom. The van der Waals surface area contributed by atoms with Crippen molar-refractivity contribution in [2.45, 2.75) is 25.5 Å². The van der Waals surface area contributed by atoms with Gasteiger partial charge in [-0.2, -0.15) is 0 Å². The monoisotopic (exact) mass is 274 g/mol.